The normalized spacial score (nSPS) is 12.6. The summed E-state index contributed by atoms with van der Waals surface area (Å²) in [6.45, 7) is 3.64. The van der Waals surface area contributed by atoms with Crippen LogP contribution < -0.4 is 0 Å². The SMILES string of the molecule is CCCC/C=C\CCCCCCCC(=O)OCC(COP(=O)(O)O)OC(=O)CCCCCCCCCCC/C=C\CCCCCCCCCC. The molecule has 0 radical (unpaired) electrons. The van der Waals surface area contributed by atoms with Gasteiger partial charge in [-0.15, -0.1) is 0 Å². The molecule has 8 nitrogen and oxygen atoms in total. The number of hydrogen-bond acceptors (Lipinski definition) is 6. The summed E-state index contributed by atoms with van der Waals surface area (Å²) in [5, 5.41) is 0. The Hall–Kier alpha value is -1.47. The number of unbranched alkanes of at least 4 members (excludes halogenated alkanes) is 24. The predicted molar refractivity (Wildman–Crippen MR) is 207 cm³/mol. The average Bonchev–Trinajstić information content (AvgIpc) is 3.08. The van der Waals surface area contributed by atoms with Gasteiger partial charge in [-0.3, -0.25) is 14.1 Å². The molecule has 0 aliphatic heterocycles. The van der Waals surface area contributed by atoms with E-state index in [9.17, 15) is 14.2 Å². The molecule has 2 N–H and O–H groups in total. The lowest BCUT2D eigenvalue weighted by atomic mass is 10.1. The van der Waals surface area contributed by atoms with E-state index in [1.807, 2.05) is 0 Å². The van der Waals surface area contributed by atoms with Crippen molar-refractivity contribution in [2.24, 2.45) is 0 Å². The second-order valence-electron chi connectivity index (χ2n) is 14.0. The van der Waals surface area contributed by atoms with Crippen LogP contribution in [0.2, 0.25) is 0 Å². The Morgan fingerprint density at radius 3 is 1.28 bits per heavy atom. The van der Waals surface area contributed by atoms with Crippen molar-refractivity contribution in [2.75, 3.05) is 13.2 Å². The molecule has 1 atom stereocenters. The molecule has 0 amide bonds. The first-order valence-electron chi connectivity index (χ1n) is 20.6. The summed E-state index contributed by atoms with van der Waals surface area (Å²) in [6.07, 6.45) is 41.9. The van der Waals surface area contributed by atoms with E-state index in [0.29, 0.717) is 12.8 Å². The van der Waals surface area contributed by atoms with Crippen molar-refractivity contribution < 1.29 is 37.9 Å². The number of hydrogen-bond donors (Lipinski definition) is 2. The number of rotatable bonds is 38. The summed E-state index contributed by atoms with van der Waals surface area (Å²) >= 11 is 0. The molecule has 0 spiro atoms. The van der Waals surface area contributed by atoms with Gasteiger partial charge in [0.2, 0.25) is 0 Å². The first-order chi connectivity index (χ1) is 24.3. The fourth-order valence-electron chi connectivity index (χ4n) is 5.82. The standard InChI is InChI=1S/C41H77O8P/c1-3-5-7-9-11-13-15-16-17-18-19-20-21-22-23-24-26-28-30-32-34-36-41(43)49-39(38-48-50(44,45)46)37-47-40(42)35-33-31-29-27-25-14-12-10-8-6-4-2/h10,12,18-19,39H,3-9,11,13-17,20-38H2,1-2H3,(H2,44,45,46)/b12-10-,19-18-. The number of carbonyl (C=O) groups is 2. The van der Waals surface area contributed by atoms with Crippen LogP contribution in [-0.2, 0) is 28.2 Å². The van der Waals surface area contributed by atoms with Crippen LogP contribution in [0.4, 0.5) is 0 Å². The fraction of sp³-hybridized carbons (Fsp3) is 0.854. The Kier molecular flexibility index (Phi) is 36.2. The highest BCUT2D eigenvalue weighted by Crippen LogP contribution is 2.36. The van der Waals surface area contributed by atoms with Gasteiger partial charge in [0.15, 0.2) is 6.10 Å². The maximum atomic E-state index is 12.4. The van der Waals surface area contributed by atoms with E-state index in [-0.39, 0.29) is 19.4 Å². The maximum Gasteiger partial charge on any atom is 0.469 e. The van der Waals surface area contributed by atoms with Crippen molar-refractivity contribution >= 4 is 19.8 Å². The molecule has 0 rings (SSSR count). The van der Waals surface area contributed by atoms with Gasteiger partial charge >= 0.3 is 19.8 Å². The van der Waals surface area contributed by atoms with E-state index >= 15 is 0 Å². The van der Waals surface area contributed by atoms with Crippen LogP contribution in [-0.4, -0.2) is 41.0 Å². The van der Waals surface area contributed by atoms with Crippen LogP contribution in [0.15, 0.2) is 24.3 Å². The summed E-state index contributed by atoms with van der Waals surface area (Å²) in [6, 6.07) is 0. The zero-order valence-corrected chi connectivity index (χ0v) is 33.2. The number of carbonyl (C=O) groups excluding carboxylic acids is 2. The van der Waals surface area contributed by atoms with Crippen LogP contribution in [0.5, 0.6) is 0 Å². The van der Waals surface area contributed by atoms with Gasteiger partial charge in [0.25, 0.3) is 0 Å². The van der Waals surface area contributed by atoms with Crippen LogP contribution in [0.25, 0.3) is 0 Å². The van der Waals surface area contributed by atoms with E-state index in [0.717, 1.165) is 57.8 Å². The molecule has 0 heterocycles. The molecular formula is C41H77O8P. The summed E-state index contributed by atoms with van der Waals surface area (Å²) in [5.74, 6) is -0.894. The highest BCUT2D eigenvalue weighted by Gasteiger charge is 2.22. The Labute approximate surface area is 307 Å². The molecule has 0 bridgehead atoms. The average molecular weight is 729 g/mol. The maximum absolute atomic E-state index is 12.4. The van der Waals surface area contributed by atoms with E-state index in [4.69, 9.17) is 19.3 Å². The van der Waals surface area contributed by atoms with Gasteiger partial charge in [-0.1, -0.05) is 160 Å². The fourth-order valence-corrected chi connectivity index (χ4v) is 6.18. The number of phosphoric acid groups is 1. The van der Waals surface area contributed by atoms with Crippen molar-refractivity contribution in [1.29, 1.82) is 0 Å². The molecule has 0 saturated heterocycles. The van der Waals surface area contributed by atoms with Crippen LogP contribution in [0, 0.1) is 0 Å². The predicted octanol–water partition coefficient (Wildman–Crippen LogP) is 12.4. The number of allylic oxidation sites excluding steroid dienone is 4. The first-order valence-corrected chi connectivity index (χ1v) is 22.2. The molecule has 1 unspecified atom stereocenters. The molecule has 294 valence electrons. The van der Waals surface area contributed by atoms with E-state index in [1.165, 1.54) is 109 Å². The van der Waals surface area contributed by atoms with Crippen LogP contribution in [0.1, 0.15) is 206 Å². The van der Waals surface area contributed by atoms with Gasteiger partial charge in [-0.2, -0.15) is 0 Å². The van der Waals surface area contributed by atoms with Gasteiger partial charge in [0, 0.05) is 12.8 Å². The molecule has 0 aromatic carbocycles. The number of phosphoric ester groups is 1. The highest BCUT2D eigenvalue weighted by molar-refractivity contribution is 7.46. The van der Waals surface area contributed by atoms with Crippen LogP contribution >= 0.6 is 7.82 Å². The topological polar surface area (TPSA) is 119 Å². The lowest BCUT2D eigenvalue weighted by Crippen LogP contribution is -2.29. The third-order valence-corrected chi connectivity index (χ3v) is 9.43. The molecular weight excluding hydrogens is 651 g/mol. The Balaban J connectivity index is 3.87. The molecule has 0 aromatic rings. The molecule has 50 heavy (non-hydrogen) atoms. The van der Waals surface area contributed by atoms with Crippen molar-refractivity contribution in [3.8, 4) is 0 Å². The number of ether oxygens (including phenoxy) is 2. The number of esters is 2. The smallest absolute Gasteiger partial charge is 0.462 e. The molecule has 0 aromatic heterocycles. The minimum Gasteiger partial charge on any atom is -0.462 e. The van der Waals surface area contributed by atoms with E-state index in [1.54, 1.807) is 0 Å². The quantitative estimate of drug-likeness (QED) is 0.0279. The summed E-state index contributed by atoms with van der Waals surface area (Å²) in [4.78, 5) is 42.7. The lowest BCUT2D eigenvalue weighted by Gasteiger charge is -2.18. The van der Waals surface area contributed by atoms with Gasteiger partial charge < -0.3 is 19.3 Å². The summed E-state index contributed by atoms with van der Waals surface area (Å²) in [7, 11) is -4.75. The zero-order valence-electron chi connectivity index (χ0n) is 32.3. The third-order valence-electron chi connectivity index (χ3n) is 8.94. The van der Waals surface area contributed by atoms with Gasteiger partial charge in [-0.25, -0.2) is 4.57 Å². The monoisotopic (exact) mass is 729 g/mol. The van der Waals surface area contributed by atoms with Crippen molar-refractivity contribution in [2.45, 2.75) is 213 Å². The highest BCUT2D eigenvalue weighted by atomic mass is 31.2. The van der Waals surface area contributed by atoms with Crippen molar-refractivity contribution in [3.63, 3.8) is 0 Å². The third kappa shape index (κ3) is 39.3. The van der Waals surface area contributed by atoms with E-state index in [2.05, 4.69) is 42.7 Å². The van der Waals surface area contributed by atoms with Gasteiger partial charge in [-0.05, 0) is 57.8 Å². The molecule has 9 heteroatoms. The largest absolute Gasteiger partial charge is 0.469 e. The van der Waals surface area contributed by atoms with Crippen molar-refractivity contribution in [1.82, 2.24) is 0 Å². The Bertz CT molecular complexity index is 869. The zero-order chi connectivity index (χ0) is 36.8. The molecule has 0 saturated carbocycles. The second-order valence-corrected chi connectivity index (χ2v) is 15.2. The first kappa shape index (κ1) is 48.5. The minimum atomic E-state index is -4.75. The second kappa shape index (κ2) is 37.3. The molecule has 0 aliphatic carbocycles. The lowest BCUT2D eigenvalue weighted by molar-refractivity contribution is -0.161. The minimum absolute atomic E-state index is 0.210. The van der Waals surface area contributed by atoms with Gasteiger partial charge in [0.05, 0.1) is 6.61 Å². The molecule has 0 fully saturated rings. The summed E-state index contributed by atoms with van der Waals surface area (Å²) in [5.41, 5.74) is 0. The summed E-state index contributed by atoms with van der Waals surface area (Å²) < 4.78 is 26.3. The molecule has 0 aliphatic rings. The Morgan fingerprint density at radius 2 is 0.860 bits per heavy atom. The van der Waals surface area contributed by atoms with E-state index < -0.39 is 32.5 Å². The van der Waals surface area contributed by atoms with Gasteiger partial charge in [0.1, 0.15) is 6.61 Å². The Morgan fingerprint density at radius 1 is 0.500 bits per heavy atom. The van der Waals surface area contributed by atoms with Crippen LogP contribution in [0.3, 0.4) is 0 Å². The van der Waals surface area contributed by atoms with Crippen molar-refractivity contribution in [3.05, 3.63) is 24.3 Å².